The first kappa shape index (κ1) is 11.0. The van der Waals surface area contributed by atoms with Crippen molar-refractivity contribution in [3.05, 3.63) is 0 Å². The summed E-state index contributed by atoms with van der Waals surface area (Å²) in [5, 5.41) is 3.74. The molecule has 3 aliphatic heterocycles. The van der Waals surface area contributed by atoms with Crippen LogP contribution in [0.2, 0.25) is 0 Å². The summed E-state index contributed by atoms with van der Waals surface area (Å²) in [6.07, 6.45) is 5.66. The summed E-state index contributed by atoms with van der Waals surface area (Å²) in [6.45, 7) is 8.69. The maximum absolute atomic E-state index is 3.74. The van der Waals surface area contributed by atoms with Gasteiger partial charge >= 0.3 is 0 Å². The highest BCUT2D eigenvalue weighted by Gasteiger charge is 2.36. The fraction of sp³-hybridized carbons (Fsp3) is 1.00. The average Bonchev–Trinajstić information content (AvgIpc) is 2.68. The maximum atomic E-state index is 3.74. The van der Waals surface area contributed by atoms with Gasteiger partial charge in [0, 0.05) is 44.3 Å². The van der Waals surface area contributed by atoms with Crippen LogP contribution < -0.4 is 5.32 Å². The van der Waals surface area contributed by atoms with Gasteiger partial charge in [-0.05, 0) is 32.2 Å². The van der Waals surface area contributed by atoms with Crippen LogP contribution in [0.1, 0.15) is 32.6 Å². The number of piperazine rings is 1. The first-order valence-electron chi connectivity index (χ1n) is 7.07. The molecule has 0 aromatic carbocycles. The second-order valence-electron chi connectivity index (χ2n) is 5.73. The van der Waals surface area contributed by atoms with Crippen LogP contribution in [0.3, 0.4) is 0 Å². The molecule has 2 bridgehead atoms. The smallest absolute Gasteiger partial charge is 0.0126 e. The van der Waals surface area contributed by atoms with Crippen molar-refractivity contribution in [1.29, 1.82) is 0 Å². The Bertz CT molecular complexity index is 223. The second-order valence-corrected chi connectivity index (χ2v) is 5.73. The first-order chi connectivity index (χ1) is 7.85. The lowest BCUT2D eigenvalue weighted by molar-refractivity contribution is 0.0750. The van der Waals surface area contributed by atoms with Crippen molar-refractivity contribution in [1.82, 2.24) is 15.1 Å². The molecule has 16 heavy (non-hydrogen) atoms. The summed E-state index contributed by atoms with van der Waals surface area (Å²) < 4.78 is 0. The van der Waals surface area contributed by atoms with Crippen LogP contribution in [0, 0.1) is 0 Å². The molecule has 3 aliphatic rings. The summed E-state index contributed by atoms with van der Waals surface area (Å²) in [7, 11) is 0. The Balaban J connectivity index is 1.54. The molecular weight excluding hydrogens is 198 g/mol. The predicted octanol–water partition coefficient (Wildman–Crippen LogP) is 0.907. The molecule has 0 radical (unpaired) electrons. The van der Waals surface area contributed by atoms with Crippen molar-refractivity contribution in [3.63, 3.8) is 0 Å². The van der Waals surface area contributed by atoms with Gasteiger partial charge in [0.2, 0.25) is 0 Å². The van der Waals surface area contributed by atoms with E-state index in [2.05, 4.69) is 22.0 Å². The molecule has 3 heteroatoms. The fourth-order valence-corrected chi connectivity index (χ4v) is 3.77. The van der Waals surface area contributed by atoms with E-state index in [0.29, 0.717) is 0 Å². The highest BCUT2D eigenvalue weighted by molar-refractivity contribution is 4.96. The predicted molar refractivity (Wildman–Crippen MR) is 66.7 cm³/mol. The van der Waals surface area contributed by atoms with Gasteiger partial charge in [0.1, 0.15) is 0 Å². The highest BCUT2D eigenvalue weighted by Crippen LogP contribution is 2.30. The van der Waals surface area contributed by atoms with E-state index in [1.54, 1.807) is 0 Å². The topological polar surface area (TPSA) is 18.5 Å². The SMILES string of the molecule is CCN1CCN(C2C[C@H]3CC[C@H](C2)N3)CC1. The number of hydrogen-bond donors (Lipinski definition) is 1. The molecule has 0 saturated carbocycles. The van der Waals surface area contributed by atoms with E-state index in [1.165, 1.54) is 58.4 Å². The Labute approximate surface area is 99.2 Å². The van der Waals surface area contributed by atoms with Gasteiger partial charge in [0.25, 0.3) is 0 Å². The van der Waals surface area contributed by atoms with Gasteiger partial charge in [0.05, 0.1) is 0 Å². The van der Waals surface area contributed by atoms with Gasteiger partial charge in [0.15, 0.2) is 0 Å². The zero-order valence-electron chi connectivity index (χ0n) is 10.5. The summed E-state index contributed by atoms with van der Waals surface area (Å²) in [4.78, 5) is 5.34. The standard InChI is InChI=1S/C13H25N3/c1-2-15-5-7-16(8-6-15)13-9-11-3-4-12(10-13)14-11/h11-14H,2-10H2,1H3/t11-,12-/m1/s1. The van der Waals surface area contributed by atoms with Crippen LogP contribution in [-0.4, -0.2) is 60.6 Å². The zero-order valence-corrected chi connectivity index (χ0v) is 10.5. The quantitative estimate of drug-likeness (QED) is 0.750. The van der Waals surface area contributed by atoms with Crippen LogP contribution in [-0.2, 0) is 0 Å². The van der Waals surface area contributed by atoms with Gasteiger partial charge in [-0.3, -0.25) is 4.90 Å². The molecular formula is C13H25N3. The Hall–Kier alpha value is -0.120. The summed E-state index contributed by atoms with van der Waals surface area (Å²) >= 11 is 0. The molecule has 1 N–H and O–H groups in total. The van der Waals surface area contributed by atoms with Crippen molar-refractivity contribution < 1.29 is 0 Å². The minimum absolute atomic E-state index is 0.841. The maximum Gasteiger partial charge on any atom is 0.0126 e. The van der Waals surface area contributed by atoms with Gasteiger partial charge in [-0.2, -0.15) is 0 Å². The lowest BCUT2D eigenvalue weighted by Gasteiger charge is -2.42. The Morgan fingerprint density at radius 3 is 2.19 bits per heavy atom. The molecule has 3 saturated heterocycles. The molecule has 0 aromatic heterocycles. The third kappa shape index (κ3) is 2.13. The molecule has 0 amide bonds. The van der Waals surface area contributed by atoms with Gasteiger partial charge in [-0.25, -0.2) is 0 Å². The number of nitrogens with zero attached hydrogens (tertiary/aromatic N) is 2. The van der Waals surface area contributed by atoms with Gasteiger partial charge in [-0.1, -0.05) is 6.92 Å². The van der Waals surface area contributed by atoms with Crippen molar-refractivity contribution in [2.75, 3.05) is 32.7 Å². The fourth-order valence-electron chi connectivity index (χ4n) is 3.77. The molecule has 3 nitrogen and oxygen atoms in total. The largest absolute Gasteiger partial charge is 0.311 e. The third-order valence-electron chi connectivity index (χ3n) is 4.82. The van der Waals surface area contributed by atoms with Crippen LogP contribution in [0.25, 0.3) is 0 Å². The van der Waals surface area contributed by atoms with E-state index in [0.717, 1.165) is 18.1 Å². The normalized spacial score (nSPS) is 41.4. The van der Waals surface area contributed by atoms with E-state index in [-0.39, 0.29) is 0 Å². The van der Waals surface area contributed by atoms with E-state index in [4.69, 9.17) is 0 Å². The van der Waals surface area contributed by atoms with Crippen LogP contribution in [0.4, 0.5) is 0 Å². The molecule has 92 valence electrons. The second kappa shape index (κ2) is 4.63. The Kier molecular flexibility index (Phi) is 3.18. The summed E-state index contributed by atoms with van der Waals surface area (Å²) in [5.74, 6) is 0. The van der Waals surface area contributed by atoms with Crippen molar-refractivity contribution in [2.24, 2.45) is 0 Å². The van der Waals surface area contributed by atoms with E-state index in [1.807, 2.05) is 0 Å². The van der Waals surface area contributed by atoms with E-state index < -0.39 is 0 Å². The molecule has 2 atom stereocenters. The molecule has 0 unspecified atom stereocenters. The Morgan fingerprint density at radius 2 is 1.62 bits per heavy atom. The number of likely N-dealkylation sites (N-methyl/N-ethyl adjacent to an activating group) is 1. The molecule has 0 aromatic rings. The van der Waals surface area contributed by atoms with Gasteiger partial charge < -0.3 is 10.2 Å². The van der Waals surface area contributed by atoms with Gasteiger partial charge in [-0.15, -0.1) is 0 Å². The average molecular weight is 223 g/mol. The van der Waals surface area contributed by atoms with Crippen LogP contribution in [0.15, 0.2) is 0 Å². The van der Waals surface area contributed by atoms with Crippen LogP contribution in [0.5, 0.6) is 0 Å². The number of piperidine rings is 1. The number of fused-ring (bicyclic) bond motifs is 2. The third-order valence-corrected chi connectivity index (χ3v) is 4.82. The molecule has 0 aliphatic carbocycles. The Morgan fingerprint density at radius 1 is 1.00 bits per heavy atom. The number of rotatable bonds is 2. The van der Waals surface area contributed by atoms with Crippen molar-refractivity contribution in [2.45, 2.75) is 50.7 Å². The number of nitrogens with one attached hydrogen (secondary N) is 1. The summed E-state index contributed by atoms with van der Waals surface area (Å²) in [5.41, 5.74) is 0. The zero-order chi connectivity index (χ0) is 11.0. The highest BCUT2D eigenvalue weighted by atomic mass is 15.3. The van der Waals surface area contributed by atoms with Crippen molar-refractivity contribution >= 4 is 0 Å². The molecule has 0 spiro atoms. The molecule has 3 heterocycles. The summed E-state index contributed by atoms with van der Waals surface area (Å²) in [6, 6.07) is 2.57. The molecule has 3 rings (SSSR count). The number of hydrogen-bond acceptors (Lipinski definition) is 3. The lowest BCUT2D eigenvalue weighted by Crippen LogP contribution is -2.54. The van der Waals surface area contributed by atoms with Crippen LogP contribution >= 0.6 is 0 Å². The molecule has 3 fully saturated rings. The van der Waals surface area contributed by atoms with E-state index in [9.17, 15) is 0 Å². The minimum atomic E-state index is 0.841. The first-order valence-corrected chi connectivity index (χ1v) is 7.07. The van der Waals surface area contributed by atoms with Crippen molar-refractivity contribution in [3.8, 4) is 0 Å². The lowest BCUT2D eigenvalue weighted by atomic mass is 9.97. The minimum Gasteiger partial charge on any atom is -0.311 e. The monoisotopic (exact) mass is 223 g/mol. The van der Waals surface area contributed by atoms with E-state index >= 15 is 0 Å².